The van der Waals surface area contributed by atoms with E-state index < -0.39 is 5.76 Å². The van der Waals surface area contributed by atoms with E-state index in [9.17, 15) is 9.18 Å². The molecule has 0 bridgehead atoms. The molecule has 3 rings (SSSR count). The smallest absolute Gasteiger partial charge is 0.438 e. The number of hydrogen-bond donors (Lipinski definition) is 0. The van der Waals surface area contributed by atoms with Gasteiger partial charge in [0.2, 0.25) is 5.89 Å². The summed E-state index contributed by atoms with van der Waals surface area (Å²) in [6.45, 7) is 1.36. The zero-order chi connectivity index (χ0) is 17.6. The quantitative estimate of drug-likeness (QED) is 0.660. The fraction of sp³-hybridized carbons (Fsp3) is 0.222. The van der Waals surface area contributed by atoms with Gasteiger partial charge in [0.05, 0.1) is 0 Å². The summed E-state index contributed by atoms with van der Waals surface area (Å²) in [4.78, 5) is 13.8. The topological polar surface area (TPSA) is 60.5 Å². The standard InChI is InChI=1S/C18H18FN3O3/c1-21(11-12-24-16-5-3-2-4-6-16)13-22-18(23)25-17(20-22)14-7-9-15(19)10-8-14/h2-10H,11-13H2,1H3. The summed E-state index contributed by atoms with van der Waals surface area (Å²) in [5.41, 5.74) is 0.548. The second-order valence-electron chi connectivity index (χ2n) is 5.56. The van der Waals surface area contributed by atoms with Crippen molar-refractivity contribution in [2.75, 3.05) is 20.2 Å². The first kappa shape index (κ1) is 16.9. The van der Waals surface area contributed by atoms with Gasteiger partial charge in [0, 0.05) is 12.1 Å². The summed E-state index contributed by atoms with van der Waals surface area (Å²) in [5.74, 6) is 0.0471. The fourth-order valence-corrected chi connectivity index (χ4v) is 2.24. The molecular formula is C18H18FN3O3. The van der Waals surface area contributed by atoms with Crippen molar-refractivity contribution in [3.63, 3.8) is 0 Å². The molecule has 25 heavy (non-hydrogen) atoms. The molecule has 2 aromatic carbocycles. The second-order valence-corrected chi connectivity index (χ2v) is 5.56. The molecule has 0 N–H and O–H groups in total. The monoisotopic (exact) mass is 343 g/mol. The number of halogens is 1. The van der Waals surface area contributed by atoms with Crippen molar-refractivity contribution >= 4 is 0 Å². The first-order valence-electron chi connectivity index (χ1n) is 7.82. The van der Waals surface area contributed by atoms with E-state index in [-0.39, 0.29) is 18.4 Å². The number of ether oxygens (including phenoxy) is 1. The number of para-hydroxylation sites is 1. The van der Waals surface area contributed by atoms with E-state index in [0.29, 0.717) is 18.7 Å². The van der Waals surface area contributed by atoms with E-state index in [2.05, 4.69) is 5.10 Å². The van der Waals surface area contributed by atoms with Crippen LogP contribution in [0.25, 0.3) is 11.5 Å². The van der Waals surface area contributed by atoms with E-state index >= 15 is 0 Å². The predicted octanol–water partition coefficient (Wildman–Crippen LogP) is 2.61. The number of benzene rings is 2. The normalized spacial score (nSPS) is 11.0. The first-order chi connectivity index (χ1) is 12.1. The zero-order valence-corrected chi connectivity index (χ0v) is 13.8. The van der Waals surface area contributed by atoms with E-state index in [1.165, 1.54) is 28.9 Å². The summed E-state index contributed by atoms with van der Waals surface area (Å²) < 4.78 is 24.9. The largest absolute Gasteiger partial charge is 0.492 e. The van der Waals surface area contributed by atoms with E-state index in [4.69, 9.17) is 9.15 Å². The maximum absolute atomic E-state index is 13.0. The van der Waals surface area contributed by atoms with E-state index in [0.717, 1.165) is 5.75 Å². The van der Waals surface area contributed by atoms with Gasteiger partial charge < -0.3 is 9.15 Å². The molecule has 0 aliphatic carbocycles. The molecule has 0 atom stereocenters. The third kappa shape index (κ3) is 4.54. The number of aromatic nitrogens is 2. The number of nitrogens with zero attached hydrogens (tertiary/aromatic N) is 3. The van der Waals surface area contributed by atoms with Crippen molar-refractivity contribution in [2.24, 2.45) is 0 Å². The van der Waals surface area contributed by atoms with Gasteiger partial charge in [0.1, 0.15) is 24.8 Å². The number of rotatable bonds is 7. The highest BCUT2D eigenvalue weighted by molar-refractivity contribution is 5.51. The van der Waals surface area contributed by atoms with Gasteiger partial charge in [-0.15, -0.1) is 5.10 Å². The average Bonchev–Trinajstić information content (AvgIpc) is 2.97. The van der Waals surface area contributed by atoms with Crippen molar-refractivity contribution < 1.29 is 13.5 Å². The van der Waals surface area contributed by atoms with Crippen molar-refractivity contribution in [1.29, 1.82) is 0 Å². The summed E-state index contributed by atoms with van der Waals surface area (Å²) in [5, 5.41) is 4.15. The highest BCUT2D eigenvalue weighted by atomic mass is 19.1. The molecule has 3 aromatic rings. The molecule has 0 fully saturated rings. The Labute approximate surface area is 144 Å². The molecule has 1 aromatic heterocycles. The van der Waals surface area contributed by atoms with Crippen molar-refractivity contribution in [3.05, 3.63) is 71.0 Å². The third-order valence-corrected chi connectivity index (χ3v) is 3.56. The van der Waals surface area contributed by atoms with Crippen LogP contribution in [0.3, 0.4) is 0 Å². The molecule has 0 amide bonds. The van der Waals surface area contributed by atoms with Gasteiger partial charge in [-0.25, -0.2) is 9.18 Å². The van der Waals surface area contributed by atoms with Crippen molar-refractivity contribution in [1.82, 2.24) is 14.7 Å². The molecule has 7 heteroatoms. The molecular weight excluding hydrogens is 325 g/mol. The minimum Gasteiger partial charge on any atom is -0.492 e. The molecule has 0 spiro atoms. The van der Waals surface area contributed by atoms with Crippen LogP contribution in [-0.4, -0.2) is 34.9 Å². The Kier molecular flexibility index (Phi) is 5.25. The summed E-state index contributed by atoms with van der Waals surface area (Å²) in [6.07, 6.45) is 0. The Bertz CT molecular complexity index is 859. The Morgan fingerprint density at radius 2 is 1.88 bits per heavy atom. The van der Waals surface area contributed by atoms with Gasteiger partial charge in [0.25, 0.3) is 0 Å². The predicted molar refractivity (Wildman–Crippen MR) is 90.7 cm³/mol. The van der Waals surface area contributed by atoms with Gasteiger partial charge >= 0.3 is 5.76 Å². The molecule has 0 radical (unpaired) electrons. The van der Waals surface area contributed by atoms with Crippen molar-refractivity contribution in [2.45, 2.75) is 6.67 Å². The Morgan fingerprint density at radius 3 is 2.60 bits per heavy atom. The molecule has 0 unspecified atom stereocenters. The molecule has 1 heterocycles. The minimum absolute atomic E-state index is 0.166. The minimum atomic E-state index is -0.560. The van der Waals surface area contributed by atoms with Gasteiger partial charge in [0.15, 0.2) is 0 Å². The summed E-state index contributed by atoms with van der Waals surface area (Å²) >= 11 is 0. The number of hydrogen-bond acceptors (Lipinski definition) is 5. The Hall–Kier alpha value is -2.93. The lowest BCUT2D eigenvalue weighted by molar-refractivity contribution is 0.194. The van der Waals surface area contributed by atoms with Crippen LogP contribution in [0.1, 0.15) is 0 Å². The molecule has 130 valence electrons. The van der Waals surface area contributed by atoms with Gasteiger partial charge in [-0.1, -0.05) is 18.2 Å². The average molecular weight is 343 g/mol. The zero-order valence-electron chi connectivity index (χ0n) is 13.8. The molecule has 0 saturated carbocycles. The lowest BCUT2D eigenvalue weighted by atomic mass is 10.2. The SMILES string of the molecule is CN(CCOc1ccccc1)Cn1nc(-c2ccc(F)cc2)oc1=O. The van der Waals surface area contributed by atoms with Crippen LogP contribution in [0, 0.1) is 5.82 Å². The van der Waals surface area contributed by atoms with Gasteiger partial charge in [-0.3, -0.25) is 4.90 Å². The first-order valence-corrected chi connectivity index (χ1v) is 7.82. The van der Waals surface area contributed by atoms with Gasteiger partial charge in [-0.05, 0) is 43.4 Å². The van der Waals surface area contributed by atoms with Gasteiger partial charge in [-0.2, -0.15) is 4.68 Å². The fourth-order valence-electron chi connectivity index (χ4n) is 2.24. The molecule has 0 aliphatic heterocycles. The van der Waals surface area contributed by atoms with E-state index in [1.807, 2.05) is 42.3 Å². The summed E-state index contributed by atoms with van der Waals surface area (Å²) in [7, 11) is 1.85. The highest BCUT2D eigenvalue weighted by Crippen LogP contribution is 2.15. The molecule has 0 aliphatic rings. The summed E-state index contributed by atoms with van der Waals surface area (Å²) in [6, 6.07) is 15.1. The number of likely N-dealkylation sites (N-methyl/N-ethyl adjacent to an activating group) is 1. The van der Waals surface area contributed by atoms with Crippen LogP contribution < -0.4 is 10.5 Å². The van der Waals surface area contributed by atoms with Crippen LogP contribution in [0.2, 0.25) is 0 Å². The van der Waals surface area contributed by atoms with Crippen LogP contribution in [-0.2, 0) is 6.67 Å². The molecule has 0 saturated heterocycles. The maximum Gasteiger partial charge on any atom is 0.438 e. The second kappa shape index (κ2) is 7.76. The van der Waals surface area contributed by atoms with Crippen LogP contribution >= 0.6 is 0 Å². The van der Waals surface area contributed by atoms with Crippen LogP contribution in [0.15, 0.2) is 63.8 Å². The Morgan fingerprint density at radius 1 is 1.16 bits per heavy atom. The van der Waals surface area contributed by atoms with Crippen LogP contribution in [0.5, 0.6) is 5.75 Å². The Balaban J connectivity index is 1.57. The van der Waals surface area contributed by atoms with Crippen LogP contribution in [0.4, 0.5) is 4.39 Å². The lowest BCUT2D eigenvalue weighted by Gasteiger charge is -2.15. The lowest BCUT2D eigenvalue weighted by Crippen LogP contribution is -2.31. The highest BCUT2D eigenvalue weighted by Gasteiger charge is 2.12. The van der Waals surface area contributed by atoms with E-state index in [1.54, 1.807) is 0 Å². The third-order valence-electron chi connectivity index (χ3n) is 3.56. The maximum atomic E-state index is 13.0. The van der Waals surface area contributed by atoms with Crippen molar-refractivity contribution in [3.8, 4) is 17.2 Å². The molecule has 6 nitrogen and oxygen atoms in total.